The van der Waals surface area contributed by atoms with E-state index in [1.165, 1.54) is 13.4 Å². The van der Waals surface area contributed by atoms with Crippen LogP contribution in [0, 0.1) is 0 Å². The molecule has 6 nitrogen and oxygen atoms in total. The molecule has 0 fully saturated rings. The largest absolute Gasteiger partial charge is 0.469 e. The van der Waals surface area contributed by atoms with Gasteiger partial charge in [-0.25, -0.2) is 4.98 Å². The molecular weight excluding hydrogens is 210 g/mol. The van der Waals surface area contributed by atoms with E-state index in [0.29, 0.717) is 12.8 Å². The topological polar surface area (TPSA) is 74.1 Å². The lowest BCUT2D eigenvalue weighted by Gasteiger charge is -2.00. The van der Waals surface area contributed by atoms with Crippen LogP contribution in [0.3, 0.4) is 0 Å². The maximum absolute atomic E-state index is 11.4. The minimum Gasteiger partial charge on any atom is -0.469 e. The lowest BCUT2D eigenvalue weighted by molar-refractivity contribution is -0.141. The van der Waals surface area contributed by atoms with Crippen molar-refractivity contribution >= 4 is 11.8 Å². The van der Waals surface area contributed by atoms with E-state index in [0.717, 1.165) is 5.82 Å². The van der Waals surface area contributed by atoms with Crippen molar-refractivity contribution in [2.45, 2.75) is 25.7 Å². The Balaban J connectivity index is 2.25. The van der Waals surface area contributed by atoms with Crippen molar-refractivity contribution in [3.05, 3.63) is 12.2 Å². The second kappa shape index (κ2) is 5.99. The quantitative estimate of drug-likeness (QED) is 0.650. The van der Waals surface area contributed by atoms with Gasteiger partial charge in [0.05, 0.1) is 13.5 Å². The van der Waals surface area contributed by atoms with Crippen molar-refractivity contribution in [2.75, 3.05) is 7.11 Å². The minimum atomic E-state index is -0.355. The molecule has 0 radical (unpaired) electrons. The van der Waals surface area contributed by atoms with Crippen molar-refractivity contribution in [3.63, 3.8) is 0 Å². The third kappa shape index (κ3) is 3.80. The molecule has 0 N–H and O–H groups in total. The highest BCUT2D eigenvalue weighted by molar-refractivity contribution is 5.82. The van der Waals surface area contributed by atoms with Crippen LogP contribution >= 0.6 is 0 Å². The number of ketones is 1. The van der Waals surface area contributed by atoms with E-state index in [9.17, 15) is 9.59 Å². The van der Waals surface area contributed by atoms with Crippen LogP contribution in [0.25, 0.3) is 0 Å². The van der Waals surface area contributed by atoms with Crippen LogP contribution in [0.4, 0.5) is 0 Å². The lowest BCUT2D eigenvalue weighted by atomic mass is 10.1. The predicted molar refractivity (Wildman–Crippen MR) is 55.6 cm³/mol. The summed E-state index contributed by atoms with van der Waals surface area (Å²) in [6, 6.07) is 0. The first-order chi connectivity index (χ1) is 7.63. The molecule has 0 aromatic carbocycles. The van der Waals surface area contributed by atoms with Crippen molar-refractivity contribution in [2.24, 2.45) is 7.05 Å². The molecule has 0 aliphatic heterocycles. The summed E-state index contributed by atoms with van der Waals surface area (Å²) in [5.74, 6) is 0.451. The molecule has 0 saturated heterocycles. The van der Waals surface area contributed by atoms with E-state index in [-0.39, 0.29) is 24.6 Å². The molecule has 6 heteroatoms. The fourth-order valence-electron chi connectivity index (χ4n) is 1.27. The van der Waals surface area contributed by atoms with Gasteiger partial charge in [-0.1, -0.05) is 0 Å². The normalized spacial score (nSPS) is 10.1. The SMILES string of the molecule is COC(=O)CCC(=O)CCc1ncnn1C. The fraction of sp³-hybridized carbons (Fsp3) is 0.600. The molecule has 0 amide bonds. The molecule has 1 aromatic rings. The molecule has 88 valence electrons. The Hall–Kier alpha value is -1.72. The number of methoxy groups -OCH3 is 1. The number of carbonyl (C=O) groups excluding carboxylic acids is 2. The van der Waals surface area contributed by atoms with Crippen LogP contribution in [0.2, 0.25) is 0 Å². The van der Waals surface area contributed by atoms with Gasteiger partial charge >= 0.3 is 5.97 Å². The second-order valence-electron chi connectivity index (χ2n) is 3.41. The highest BCUT2D eigenvalue weighted by atomic mass is 16.5. The highest BCUT2D eigenvalue weighted by Crippen LogP contribution is 2.02. The second-order valence-corrected chi connectivity index (χ2v) is 3.41. The van der Waals surface area contributed by atoms with Crippen molar-refractivity contribution in [3.8, 4) is 0 Å². The third-order valence-corrected chi connectivity index (χ3v) is 2.27. The van der Waals surface area contributed by atoms with Crippen LogP contribution < -0.4 is 0 Å². The first kappa shape index (κ1) is 12.4. The lowest BCUT2D eigenvalue weighted by Crippen LogP contribution is -2.08. The van der Waals surface area contributed by atoms with Crippen LogP contribution in [0.15, 0.2) is 6.33 Å². The maximum Gasteiger partial charge on any atom is 0.305 e. The monoisotopic (exact) mass is 225 g/mol. The Morgan fingerprint density at radius 1 is 1.38 bits per heavy atom. The minimum absolute atomic E-state index is 0.0356. The zero-order valence-electron chi connectivity index (χ0n) is 9.47. The van der Waals surface area contributed by atoms with Gasteiger partial charge in [0.1, 0.15) is 17.9 Å². The predicted octanol–water partition coefficient (Wildman–Crippen LogP) is 0.270. The van der Waals surface area contributed by atoms with Gasteiger partial charge in [-0.15, -0.1) is 0 Å². The molecule has 0 aliphatic rings. The van der Waals surface area contributed by atoms with Gasteiger partial charge in [-0.3, -0.25) is 14.3 Å². The van der Waals surface area contributed by atoms with Gasteiger partial charge in [0.15, 0.2) is 0 Å². The Morgan fingerprint density at radius 2 is 2.12 bits per heavy atom. The molecule has 0 unspecified atom stereocenters. The van der Waals surface area contributed by atoms with E-state index in [4.69, 9.17) is 0 Å². The molecule has 0 saturated carbocycles. The summed E-state index contributed by atoms with van der Waals surface area (Å²) in [6.07, 6.45) is 2.76. The average molecular weight is 225 g/mol. The van der Waals surface area contributed by atoms with Gasteiger partial charge in [0.25, 0.3) is 0 Å². The number of rotatable bonds is 6. The van der Waals surface area contributed by atoms with E-state index >= 15 is 0 Å². The molecule has 0 atom stereocenters. The third-order valence-electron chi connectivity index (χ3n) is 2.27. The molecule has 1 aromatic heterocycles. The summed E-state index contributed by atoms with van der Waals surface area (Å²) in [5, 5.41) is 3.90. The maximum atomic E-state index is 11.4. The molecular formula is C10H15N3O3. The number of aryl methyl sites for hydroxylation is 2. The Kier molecular flexibility index (Phi) is 4.63. The number of esters is 1. The van der Waals surface area contributed by atoms with Crippen molar-refractivity contribution in [1.29, 1.82) is 0 Å². The zero-order chi connectivity index (χ0) is 12.0. The van der Waals surface area contributed by atoms with Gasteiger partial charge in [0, 0.05) is 26.3 Å². The molecule has 16 heavy (non-hydrogen) atoms. The number of ether oxygens (including phenoxy) is 1. The molecule has 0 spiro atoms. The first-order valence-electron chi connectivity index (χ1n) is 5.05. The smallest absolute Gasteiger partial charge is 0.305 e. The number of nitrogens with zero attached hydrogens (tertiary/aromatic N) is 3. The number of hydrogen-bond acceptors (Lipinski definition) is 5. The first-order valence-corrected chi connectivity index (χ1v) is 5.05. The summed E-state index contributed by atoms with van der Waals surface area (Å²) in [4.78, 5) is 26.2. The van der Waals surface area contributed by atoms with E-state index < -0.39 is 0 Å². The van der Waals surface area contributed by atoms with E-state index in [1.54, 1.807) is 11.7 Å². The van der Waals surface area contributed by atoms with E-state index in [2.05, 4.69) is 14.8 Å². The average Bonchev–Trinajstić information content (AvgIpc) is 2.69. The molecule has 1 rings (SSSR count). The zero-order valence-corrected chi connectivity index (χ0v) is 9.47. The van der Waals surface area contributed by atoms with E-state index in [1.807, 2.05) is 0 Å². The van der Waals surface area contributed by atoms with Gasteiger partial charge < -0.3 is 4.74 Å². The van der Waals surface area contributed by atoms with Crippen molar-refractivity contribution < 1.29 is 14.3 Å². The van der Waals surface area contributed by atoms with Gasteiger partial charge in [-0.2, -0.15) is 5.10 Å². The summed E-state index contributed by atoms with van der Waals surface area (Å²) in [5.41, 5.74) is 0. The summed E-state index contributed by atoms with van der Waals surface area (Å²) in [7, 11) is 3.09. The van der Waals surface area contributed by atoms with Crippen LogP contribution in [0.1, 0.15) is 25.1 Å². The summed E-state index contributed by atoms with van der Waals surface area (Å²) in [6.45, 7) is 0. The fourth-order valence-corrected chi connectivity index (χ4v) is 1.27. The van der Waals surface area contributed by atoms with Crippen LogP contribution in [0.5, 0.6) is 0 Å². The standard InChI is InChI=1S/C10H15N3O3/c1-13-9(11-7-12-13)5-3-8(14)4-6-10(15)16-2/h7H,3-6H2,1-2H3. The Labute approximate surface area is 93.6 Å². The van der Waals surface area contributed by atoms with Gasteiger partial charge in [0.2, 0.25) is 0 Å². The highest BCUT2D eigenvalue weighted by Gasteiger charge is 2.08. The summed E-state index contributed by atoms with van der Waals surface area (Å²) >= 11 is 0. The summed E-state index contributed by atoms with van der Waals surface area (Å²) < 4.78 is 6.09. The van der Waals surface area contributed by atoms with Crippen molar-refractivity contribution in [1.82, 2.24) is 14.8 Å². The Morgan fingerprint density at radius 3 is 2.69 bits per heavy atom. The molecule has 0 bridgehead atoms. The number of hydrogen-bond donors (Lipinski definition) is 0. The number of Topliss-reactive ketones (excluding diaryl/α,β-unsaturated/α-hetero) is 1. The number of carbonyl (C=O) groups is 2. The molecule has 1 heterocycles. The van der Waals surface area contributed by atoms with Gasteiger partial charge in [-0.05, 0) is 0 Å². The Bertz CT molecular complexity index is 373. The molecule has 0 aliphatic carbocycles. The van der Waals surface area contributed by atoms with Crippen LogP contribution in [-0.4, -0.2) is 33.6 Å². The van der Waals surface area contributed by atoms with Crippen LogP contribution in [-0.2, 0) is 27.8 Å². The number of aromatic nitrogens is 3.